The van der Waals surface area contributed by atoms with Crippen LogP contribution in [0.5, 0.6) is 11.5 Å². The molecule has 260 valence electrons. The first-order valence-electron chi connectivity index (χ1n) is 15.5. The van der Waals surface area contributed by atoms with E-state index in [0.717, 1.165) is 6.08 Å². The first-order valence-corrected chi connectivity index (χ1v) is 15.5. The van der Waals surface area contributed by atoms with Crippen LogP contribution < -0.4 is 5.32 Å². The van der Waals surface area contributed by atoms with E-state index in [4.69, 9.17) is 0 Å². The number of benzene rings is 1. The molecule has 2 aliphatic heterocycles. The Morgan fingerprint density at radius 2 is 1.29 bits per heavy atom. The van der Waals surface area contributed by atoms with Gasteiger partial charge in [-0.2, -0.15) is 0 Å². The van der Waals surface area contributed by atoms with Crippen molar-refractivity contribution in [1.29, 1.82) is 0 Å². The van der Waals surface area contributed by atoms with E-state index in [1.165, 1.54) is 45.9 Å². The highest BCUT2D eigenvalue weighted by Crippen LogP contribution is 2.41. The van der Waals surface area contributed by atoms with Crippen LogP contribution in [0.1, 0.15) is 71.3 Å². The molecule has 0 fully saturated rings. The van der Waals surface area contributed by atoms with E-state index in [1.54, 1.807) is 13.8 Å². The summed E-state index contributed by atoms with van der Waals surface area (Å²) < 4.78 is 0. The molecular weight excluding hydrogens is 626 g/mol. The fourth-order valence-corrected chi connectivity index (χ4v) is 6.07. The van der Waals surface area contributed by atoms with Gasteiger partial charge in [-0.25, -0.2) is 0 Å². The summed E-state index contributed by atoms with van der Waals surface area (Å²) >= 11 is 0. The highest BCUT2D eigenvalue weighted by atomic mass is 16.3. The fraction of sp³-hybridized carbons (Fsp3) is 0.457. The van der Waals surface area contributed by atoms with Crippen molar-refractivity contribution < 1.29 is 59.7 Å². The first-order chi connectivity index (χ1) is 22.4. The molecule has 4 bridgehead atoms. The van der Waals surface area contributed by atoms with Gasteiger partial charge in [0.1, 0.15) is 17.8 Å². The van der Waals surface area contributed by atoms with Crippen molar-refractivity contribution in [2.24, 2.45) is 29.6 Å². The van der Waals surface area contributed by atoms with Crippen molar-refractivity contribution in [2.45, 2.75) is 66.0 Å². The van der Waals surface area contributed by atoms with Gasteiger partial charge in [0.25, 0.3) is 5.91 Å². The molecule has 1 aromatic carbocycles. The number of aldehydes is 1. The van der Waals surface area contributed by atoms with Gasteiger partial charge in [-0.15, -0.1) is 0 Å². The highest BCUT2D eigenvalue weighted by Gasteiger charge is 2.40. The molecule has 2 heterocycles. The number of hydrogen-bond donors (Lipinski definition) is 8. The normalized spacial score (nSPS) is 31.1. The molecule has 0 radical (unpaired) electrons. The predicted molar refractivity (Wildman–Crippen MR) is 172 cm³/mol. The van der Waals surface area contributed by atoms with E-state index in [1.807, 2.05) is 0 Å². The van der Waals surface area contributed by atoms with Crippen molar-refractivity contribution in [3.8, 4) is 11.5 Å². The lowest BCUT2D eigenvalue weighted by molar-refractivity contribution is -0.118. The molecule has 48 heavy (non-hydrogen) atoms. The number of hydrogen-bond acceptors (Lipinski definition) is 12. The second-order valence-electron chi connectivity index (χ2n) is 12.7. The molecule has 0 saturated carbocycles. The molecule has 1 aromatic rings. The van der Waals surface area contributed by atoms with Crippen molar-refractivity contribution in [1.82, 2.24) is 5.32 Å². The molecule has 0 aromatic heterocycles. The zero-order valence-electron chi connectivity index (χ0n) is 27.5. The van der Waals surface area contributed by atoms with Gasteiger partial charge in [-0.3, -0.25) is 19.2 Å². The number of nitrogens with one attached hydrogen (secondary N) is 1. The second kappa shape index (κ2) is 15.3. The highest BCUT2D eigenvalue weighted by molar-refractivity contribution is 6.31. The van der Waals surface area contributed by atoms with Crippen LogP contribution in [-0.2, 0) is 9.59 Å². The SMILES string of the molecule is CC1=CC(C=O)C(O)C(C)C(O)C(C)C(O)C(C)C(O)C(C)C=CC=C(CO)C(=O)NC2=CC(=O)c3c(c(O)c(C)c(O)c3C2=O)C1=O. The summed E-state index contributed by atoms with van der Waals surface area (Å²) in [5.74, 6) is -10.5. The molecule has 1 amide bonds. The number of rotatable bonds is 2. The Hall–Kier alpha value is -4.27. The summed E-state index contributed by atoms with van der Waals surface area (Å²) in [6, 6.07) is 0. The number of phenolic OH excluding ortho intramolecular Hbond substituents is 2. The lowest BCUT2D eigenvalue weighted by Crippen LogP contribution is -2.46. The predicted octanol–water partition coefficient (Wildman–Crippen LogP) is 1.21. The first kappa shape index (κ1) is 38.2. The Labute approximate surface area is 277 Å². The number of carbonyl (C=O) groups is 5. The van der Waals surface area contributed by atoms with E-state index in [-0.39, 0.29) is 16.7 Å². The van der Waals surface area contributed by atoms with Crippen molar-refractivity contribution in [3.05, 3.63) is 69.5 Å². The Balaban J connectivity index is 2.25. The molecule has 13 nitrogen and oxygen atoms in total. The summed E-state index contributed by atoms with van der Waals surface area (Å²) in [5, 5.41) is 78.1. The summed E-state index contributed by atoms with van der Waals surface area (Å²) in [7, 11) is 0. The maximum absolute atomic E-state index is 13.7. The lowest BCUT2D eigenvalue weighted by atomic mass is 9.77. The largest absolute Gasteiger partial charge is 0.507 e. The minimum atomic E-state index is -1.58. The molecule has 0 saturated heterocycles. The van der Waals surface area contributed by atoms with E-state index in [9.17, 15) is 59.7 Å². The van der Waals surface area contributed by atoms with Gasteiger partial charge in [0.05, 0.1) is 59.3 Å². The molecule has 3 aliphatic rings. The smallest absolute Gasteiger partial charge is 0.254 e. The van der Waals surface area contributed by atoms with Gasteiger partial charge in [0.15, 0.2) is 11.6 Å². The van der Waals surface area contributed by atoms with E-state index in [2.05, 4.69) is 5.32 Å². The monoisotopic (exact) mass is 669 g/mol. The number of carbonyl (C=O) groups excluding carboxylic acids is 5. The molecule has 9 unspecified atom stereocenters. The van der Waals surface area contributed by atoms with Crippen molar-refractivity contribution in [2.75, 3.05) is 6.61 Å². The number of aliphatic hydroxyl groups excluding tert-OH is 5. The van der Waals surface area contributed by atoms with Gasteiger partial charge in [-0.1, -0.05) is 52.0 Å². The average Bonchev–Trinajstić information content (AvgIpc) is 3.06. The Morgan fingerprint density at radius 1 is 0.771 bits per heavy atom. The van der Waals surface area contributed by atoms with Gasteiger partial charge >= 0.3 is 0 Å². The van der Waals surface area contributed by atoms with Crippen LogP contribution in [0.3, 0.4) is 0 Å². The molecule has 0 spiro atoms. The molecule has 13 heteroatoms. The standard InChI is InChI=1S/C35H43NO12/c1-14-8-7-9-20(12-37)35(48)36-22-11-23(39)24-25(32(45)19(6)33(46)26(24)34(22)47)28(41)15(2)10-21(13-38)31(44)18(5)30(43)17(4)29(42)16(3)27(14)40/h7-11,13-14,16-18,21,27,29-31,37,40,42-46H,12H2,1-6H3,(H,36,48). The van der Waals surface area contributed by atoms with Crippen LogP contribution in [0.15, 0.2) is 47.2 Å². The third-order valence-electron chi connectivity index (χ3n) is 9.45. The second-order valence-corrected chi connectivity index (χ2v) is 12.7. The number of phenols is 2. The van der Waals surface area contributed by atoms with E-state index >= 15 is 0 Å². The summed E-state index contributed by atoms with van der Waals surface area (Å²) in [6.07, 6.45) is 0.806. The number of Topliss-reactive ketones (excluding diaryl/α,β-unsaturated/α-hetero) is 2. The van der Waals surface area contributed by atoms with Gasteiger partial charge in [0, 0.05) is 40.9 Å². The molecule has 4 rings (SSSR count). The van der Waals surface area contributed by atoms with Crippen LogP contribution in [0, 0.1) is 36.5 Å². The number of fused-ring (bicyclic) bond motifs is 15. The zero-order valence-corrected chi connectivity index (χ0v) is 27.5. The third-order valence-corrected chi connectivity index (χ3v) is 9.45. The Kier molecular flexibility index (Phi) is 12.2. The van der Waals surface area contributed by atoms with E-state index in [0.29, 0.717) is 12.4 Å². The maximum atomic E-state index is 13.7. The van der Waals surface area contributed by atoms with Crippen LogP contribution in [-0.4, -0.2) is 96.3 Å². The number of ketones is 3. The third kappa shape index (κ3) is 7.25. The van der Waals surface area contributed by atoms with Crippen molar-refractivity contribution >= 4 is 29.5 Å². The molecule has 1 aliphatic carbocycles. The Bertz CT molecular complexity index is 1620. The number of aliphatic hydroxyl groups is 5. The Morgan fingerprint density at radius 3 is 1.83 bits per heavy atom. The lowest BCUT2D eigenvalue weighted by Gasteiger charge is -2.36. The van der Waals surface area contributed by atoms with E-state index < -0.39 is 118 Å². The van der Waals surface area contributed by atoms with Crippen molar-refractivity contribution in [3.63, 3.8) is 0 Å². The molecular formula is C35H43NO12. The summed E-state index contributed by atoms with van der Waals surface area (Å²) in [4.78, 5) is 65.8. The number of aromatic hydroxyl groups is 2. The van der Waals surface area contributed by atoms with Crippen LogP contribution >= 0.6 is 0 Å². The maximum Gasteiger partial charge on any atom is 0.254 e. The zero-order chi connectivity index (χ0) is 36.4. The minimum Gasteiger partial charge on any atom is -0.507 e. The van der Waals surface area contributed by atoms with Crippen LogP contribution in [0.4, 0.5) is 0 Å². The van der Waals surface area contributed by atoms with Crippen LogP contribution in [0.25, 0.3) is 0 Å². The minimum absolute atomic E-state index is 0.235. The van der Waals surface area contributed by atoms with Crippen LogP contribution in [0.2, 0.25) is 0 Å². The number of amides is 1. The average molecular weight is 670 g/mol. The summed E-state index contributed by atoms with van der Waals surface area (Å²) in [5.41, 5.74) is -3.35. The fourth-order valence-electron chi connectivity index (χ4n) is 6.07. The molecule has 9 atom stereocenters. The number of allylic oxidation sites excluding steroid dienone is 5. The topological polar surface area (TPSA) is 239 Å². The van der Waals surface area contributed by atoms with Gasteiger partial charge in [-0.05, 0) is 19.4 Å². The molecule has 8 N–H and O–H groups in total. The quantitative estimate of drug-likeness (QED) is 0.207. The summed E-state index contributed by atoms with van der Waals surface area (Å²) in [6.45, 7) is 7.78. The van der Waals surface area contributed by atoms with Gasteiger partial charge < -0.3 is 45.9 Å². The van der Waals surface area contributed by atoms with Gasteiger partial charge in [0.2, 0.25) is 5.78 Å².